The number of nitrogens with zero attached hydrogens (tertiary/aromatic N) is 3. The van der Waals surface area contributed by atoms with Crippen LogP contribution in [0.4, 0.5) is 0 Å². The molecule has 6 nitrogen and oxygen atoms in total. The van der Waals surface area contributed by atoms with Crippen LogP contribution in [-0.2, 0) is 21.6 Å². The van der Waals surface area contributed by atoms with Gasteiger partial charge in [0.05, 0.1) is 6.61 Å². The summed E-state index contributed by atoms with van der Waals surface area (Å²) in [6.45, 7) is 3.51. The Morgan fingerprint density at radius 1 is 1.06 bits per heavy atom. The first-order valence-corrected chi connectivity index (χ1v) is 12.1. The number of aromatic nitrogens is 2. The lowest BCUT2D eigenvalue weighted by molar-refractivity contribution is -0.174. The fourth-order valence-corrected chi connectivity index (χ4v) is 5.27. The topological polar surface area (TPSA) is 75.5 Å². The van der Waals surface area contributed by atoms with Crippen LogP contribution in [0.5, 0.6) is 0 Å². The first kappa shape index (κ1) is 22.9. The summed E-state index contributed by atoms with van der Waals surface area (Å²) in [4.78, 5) is 24.5. The van der Waals surface area contributed by atoms with Gasteiger partial charge in [0.1, 0.15) is 5.82 Å². The summed E-state index contributed by atoms with van der Waals surface area (Å²) in [5, 5.41) is 11.6. The number of carbonyl (C=O) groups excluding carboxylic acids is 1. The highest BCUT2D eigenvalue weighted by molar-refractivity contribution is 5.81. The normalized spacial score (nSPS) is 20.2. The zero-order chi connectivity index (χ0) is 22.2. The van der Waals surface area contributed by atoms with Gasteiger partial charge in [-0.25, -0.2) is 14.8 Å². The minimum atomic E-state index is -1.56. The van der Waals surface area contributed by atoms with Crippen molar-refractivity contribution < 1.29 is 14.6 Å². The summed E-state index contributed by atoms with van der Waals surface area (Å²) in [6.07, 6.45) is 11.3. The van der Waals surface area contributed by atoms with E-state index >= 15 is 0 Å². The Balaban J connectivity index is 1.40. The van der Waals surface area contributed by atoms with E-state index in [-0.39, 0.29) is 5.92 Å². The Kier molecular flexibility index (Phi) is 7.87. The Hall–Kier alpha value is -2.31. The lowest BCUT2D eigenvalue weighted by Gasteiger charge is -2.32. The third kappa shape index (κ3) is 5.54. The van der Waals surface area contributed by atoms with Crippen LogP contribution in [0.3, 0.4) is 0 Å². The lowest BCUT2D eigenvalue weighted by Crippen LogP contribution is -2.43. The van der Waals surface area contributed by atoms with E-state index in [1.54, 1.807) is 12.4 Å². The summed E-state index contributed by atoms with van der Waals surface area (Å²) in [5.41, 5.74) is -0.923. The maximum atomic E-state index is 13.2. The second kappa shape index (κ2) is 11.0. The van der Waals surface area contributed by atoms with Crippen molar-refractivity contribution in [1.82, 2.24) is 14.9 Å². The van der Waals surface area contributed by atoms with Crippen LogP contribution < -0.4 is 0 Å². The van der Waals surface area contributed by atoms with Crippen molar-refractivity contribution in [3.05, 3.63) is 60.2 Å². The molecule has 1 N–H and O–H groups in total. The van der Waals surface area contributed by atoms with E-state index in [1.165, 1.54) is 12.8 Å². The SMILES string of the molecule is O=C(OCC[C@@H](Cc1ncccn1)CN1CCCC1)C(O)(c1ccccc1)C1CCCC1. The minimum Gasteiger partial charge on any atom is -0.463 e. The van der Waals surface area contributed by atoms with Crippen molar-refractivity contribution in [3.8, 4) is 0 Å². The van der Waals surface area contributed by atoms with E-state index in [9.17, 15) is 9.90 Å². The molecule has 6 heteroatoms. The molecule has 1 aliphatic carbocycles. The Morgan fingerprint density at radius 3 is 2.44 bits per heavy atom. The van der Waals surface area contributed by atoms with Crippen molar-refractivity contribution in [2.45, 2.75) is 57.0 Å². The van der Waals surface area contributed by atoms with Crippen molar-refractivity contribution in [2.24, 2.45) is 11.8 Å². The molecule has 0 radical (unpaired) electrons. The monoisotopic (exact) mass is 437 g/mol. The third-order valence-corrected chi connectivity index (χ3v) is 7.04. The van der Waals surface area contributed by atoms with Crippen LogP contribution in [0.2, 0.25) is 0 Å². The smallest absolute Gasteiger partial charge is 0.343 e. The molecule has 1 aromatic heterocycles. The van der Waals surface area contributed by atoms with Gasteiger partial charge in [0, 0.05) is 31.3 Å². The second-order valence-corrected chi connectivity index (χ2v) is 9.28. The summed E-state index contributed by atoms with van der Waals surface area (Å²) < 4.78 is 5.76. The zero-order valence-electron chi connectivity index (χ0n) is 18.9. The maximum Gasteiger partial charge on any atom is 0.343 e. The second-order valence-electron chi connectivity index (χ2n) is 9.28. The molecule has 1 aliphatic heterocycles. The highest BCUT2D eigenvalue weighted by Crippen LogP contribution is 2.41. The standard InChI is InChI=1S/C26H35N3O3/c30-25(26(31,23-11-4-5-12-23)22-9-2-1-3-10-22)32-18-13-21(20-29-16-6-7-17-29)19-24-27-14-8-15-28-24/h1-3,8-10,14-15,21,23,31H,4-7,11-13,16-20H2/t21-,26?/m0/s1. The molecule has 1 saturated heterocycles. The van der Waals surface area contributed by atoms with Gasteiger partial charge in [-0.15, -0.1) is 0 Å². The van der Waals surface area contributed by atoms with Gasteiger partial charge in [-0.1, -0.05) is 43.2 Å². The molecule has 4 rings (SSSR count). The van der Waals surface area contributed by atoms with Crippen LogP contribution in [0, 0.1) is 11.8 Å². The van der Waals surface area contributed by atoms with Gasteiger partial charge in [-0.3, -0.25) is 0 Å². The molecule has 0 amide bonds. The number of rotatable bonds is 10. The number of ether oxygens (including phenoxy) is 1. The van der Waals surface area contributed by atoms with Gasteiger partial charge in [0.15, 0.2) is 5.60 Å². The van der Waals surface area contributed by atoms with Gasteiger partial charge in [0.2, 0.25) is 0 Å². The molecular weight excluding hydrogens is 402 g/mol. The predicted octanol–water partition coefficient (Wildman–Crippen LogP) is 3.74. The van der Waals surface area contributed by atoms with Crippen LogP contribution in [0.15, 0.2) is 48.8 Å². The summed E-state index contributed by atoms with van der Waals surface area (Å²) in [6, 6.07) is 11.1. The molecule has 2 atom stereocenters. The van der Waals surface area contributed by atoms with E-state index in [0.29, 0.717) is 18.1 Å². The highest BCUT2D eigenvalue weighted by Gasteiger charge is 2.47. The Morgan fingerprint density at radius 2 is 1.75 bits per heavy atom. The van der Waals surface area contributed by atoms with Crippen molar-refractivity contribution >= 4 is 5.97 Å². The number of aliphatic hydroxyl groups is 1. The first-order chi connectivity index (χ1) is 15.7. The van der Waals surface area contributed by atoms with E-state index in [4.69, 9.17) is 4.74 Å². The zero-order valence-corrected chi connectivity index (χ0v) is 18.9. The number of esters is 1. The molecule has 172 valence electrons. The number of carbonyl (C=O) groups is 1. The van der Waals surface area contributed by atoms with Gasteiger partial charge in [0.25, 0.3) is 0 Å². The van der Waals surface area contributed by atoms with Gasteiger partial charge in [-0.2, -0.15) is 0 Å². The van der Waals surface area contributed by atoms with Crippen LogP contribution in [0.1, 0.15) is 56.3 Å². The van der Waals surface area contributed by atoms with E-state index in [0.717, 1.165) is 64.0 Å². The average Bonchev–Trinajstić information content (AvgIpc) is 3.54. The molecule has 0 bridgehead atoms. The third-order valence-electron chi connectivity index (χ3n) is 7.04. The number of likely N-dealkylation sites (tertiary alicyclic amines) is 1. The number of hydrogen-bond acceptors (Lipinski definition) is 6. The summed E-state index contributed by atoms with van der Waals surface area (Å²) >= 11 is 0. The van der Waals surface area contributed by atoms with Crippen molar-refractivity contribution in [2.75, 3.05) is 26.2 Å². The molecule has 1 aromatic carbocycles. The molecule has 2 fully saturated rings. The quantitative estimate of drug-likeness (QED) is 0.571. The first-order valence-electron chi connectivity index (χ1n) is 12.1. The minimum absolute atomic E-state index is 0.0875. The van der Waals surface area contributed by atoms with Crippen molar-refractivity contribution in [3.63, 3.8) is 0 Å². The molecule has 2 heterocycles. The molecule has 1 saturated carbocycles. The lowest BCUT2D eigenvalue weighted by atomic mass is 9.80. The van der Waals surface area contributed by atoms with E-state index in [2.05, 4.69) is 14.9 Å². The van der Waals surface area contributed by atoms with Crippen LogP contribution >= 0.6 is 0 Å². The Labute approximate surface area is 191 Å². The fraction of sp³-hybridized carbons (Fsp3) is 0.577. The molecule has 2 aliphatic rings. The number of benzene rings is 1. The Bertz CT molecular complexity index is 836. The van der Waals surface area contributed by atoms with Gasteiger partial charge >= 0.3 is 5.97 Å². The average molecular weight is 438 g/mol. The molecule has 1 unspecified atom stereocenters. The van der Waals surface area contributed by atoms with Gasteiger partial charge in [-0.05, 0) is 62.7 Å². The van der Waals surface area contributed by atoms with E-state index < -0.39 is 11.6 Å². The van der Waals surface area contributed by atoms with Crippen LogP contribution in [0.25, 0.3) is 0 Å². The fourth-order valence-electron chi connectivity index (χ4n) is 5.27. The molecule has 0 spiro atoms. The predicted molar refractivity (Wildman–Crippen MR) is 123 cm³/mol. The number of hydrogen-bond donors (Lipinski definition) is 1. The van der Waals surface area contributed by atoms with Crippen molar-refractivity contribution in [1.29, 1.82) is 0 Å². The van der Waals surface area contributed by atoms with E-state index in [1.807, 2.05) is 36.4 Å². The van der Waals surface area contributed by atoms with Gasteiger partial charge < -0.3 is 14.7 Å². The molecular formula is C26H35N3O3. The largest absolute Gasteiger partial charge is 0.463 e. The molecule has 2 aromatic rings. The highest BCUT2D eigenvalue weighted by atomic mass is 16.5. The maximum absolute atomic E-state index is 13.2. The van der Waals surface area contributed by atoms with Crippen LogP contribution in [-0.4, -0.2) is 52.2 Å². The molecule has 32 heavy (non-hydrogen) atoms. The summed E-state index contributed by atoms with van der Waals surface area (Å²) in [7, 11) is 0. The summed E-state index contributed by atoms with van der Waals surface area (Å²) in [5.74, 6) is 0.538.